The first kappa shape index (κ1) is 18.8. The van der Waals surface area contributed by atoms with E-state index in [1.165, 1.54) is 7.11 Å². The molecule has 3 rings (SSSR count). The monoisotopic (exact) mass is 464 g/mol. The molecule has 136 valence electrons. The molecule has 1 atom stereocenters. The van der Waals surface area contributed by atoms with Crippen LogP contribution in [0.15, 0.2) is 34.7 Å². The molecule has 1 heterocycles. The summed E-state index contributed by atoms with van der Waals surface area (Å²) in [5.74, 6) is 0.0281. The van der Waals surface area contributed by atoms with E-state index in [9.17, 15) is 15.2 Å². The summed E-state index contributed by atoms with van der Waals surface area (Å²) in [6, 6.07) is 5.81. The van der Waals surface area contributed by atoms with Crippen LogP contribution in [0.1, 0.15) is 45.1 Å². The maximum Gasteiger partial charge on any atom is 0.171 e. The van der Waals surface area contributed by atoms with Crippen LogP contribution in [0.4, 0.5) is 0 Å². The number of phenols is 1. The van der Waals surface area contributed by atoms with E-state index in [0.717, 1.165) is 23.4 Å². The van der Waals surface area contributed by atoms with Crippen molar-refractivity contribution < 1.29 is 14.6 Å². The van der Waals surface area contributed by atoms with E-state index in [0.29, 0.717) is 26.9 Å². The van der Waals surface area contributed by atoms with Crippen LogP contribution in [0, 0.1) is 20.3 Å². The van der Waals surface area contributed by atoms with Crippen molar-refractivity contribution in [3.05, 3.63) is 43.8 Å². The van der Waals surface area contributed by atoms with Crippen molar-refractivity contribution >= 4 is 28.4 Å². The van der Waals surface area contributed by atoms with E-state index < -0.39 is 5.92 Å². The average molecular weight is 464 g/mol. The van der Waals surface area contributed by atoms with Gasteiger partial charge in [-0.05, 0) is 59.0 Å². The number of hydrogen-bond acceptors (Lipinski definition) is 5. The van der Waals surface area contributed by atoms with Gasteiger partial charge in [-0.3, -0.25) is 4.79 Å². The molecule has 0 radical (unpaired) electrons. The number of ketones is 1. The van der Waals surface area contributed by atoms with Gasteiger partial charge in [0.1, 0.15) is 0 Å². The fourth-order valence-electron chi connectivity index (χ4n) is 3.83. The molecule has 0 aromatic heterocycles. The van der Waals surface area contributed by atoms with Crippen LogP contribution >= 0.6 is 22.6 Å². The highest BCUT2D eigenvalue weighted by atomic mass is 127. The largest absolute Gasteiger partial charge is 0.504 e. The topological polar surface area (TPSA) is 82.3 Å². The number of dihydropyridines is 1. The smallest absolute Gasteiger partial charge is 0.171 e. The summed E-state index contributed by atoms with van der Waals surface area (Å²) in [5.41, 5.74) is 3.52. The minimum atomic E-state index is -0.442. The number of ether oxygens (including phenoxy) is 1. The molecule has 0 fully saturated rings. The molecule has 1 aliphatic heterocycles. The predicted molar refractivity (Wildman–Crippen MR) is 107 cm³/mol. The number of carbonyl (C=O) groups is 1. The van der Waals surface area contributed by atoms with Crippen LogP contribution in [0.5, 0.6) is 11.5 Å². The Labute approximate surface area is 166 Å². The number of rotatable bonds is 2. The van der Waals surface area contributed by atoms with Crippen molar-refractivity contribution in [3.63, 3.8) is 0 Å². The molecule has 1 aromatic carbocycles. The molecule has 5 nitrogen and oxygen atoms in total. The number of methoxy groups -OCH3 is 1. The number of phenolic OH excluding ortho intramolecular Hbond substituents is 1. The summed E-state index contributed by atoms with van der Waals surface area (Å²) < 4.78 is 5.90. The minimum Gasteiger partial charge on any atom is -0.504 e. The first-order valence-corrected chi connectivity index (χ1v) is 9.47. The third-order valence-electron chi connectivity index (χ3n) is 4.96. The fourth-order valence-corrected chi connectivity index (χ4v) is 4.46. The van der Waals surface area contributed by atoms with Gasteiger partial charge in [0, 0.05) is 23.4 Å². The molecular weight excluding hydrogens is 443 g/mol. The Morgan fingerprint density at radius 3 is 2.69 bits per heavy atom. The van der Waals surface area contributed by atoms with Crippen molar-refractivity contribution in [2.45, 2.75) is 39.5 Å². The van der Waals surface area contributed by atoms with Crippen molar-refractivity contribution in [2.75, 3.05) is 7.11 Å². The number of allylic oxidation sites excluding steroid dienone is 4. The standard InChI is InChI=1S/C20H21IN2O3/c1-10-12(9-22)17(11-5-13(21)19(25)16(6-11)26-4)18-14(23-10)7-20(2,3)8-15(18)24/h5-6,17,23,25H,7-8H2,1-4H3. The quantitative estimate of drug-likeness (QED) is 0.644. The lowest BCUT2D eigenvalue weighted by Crippen LogP contribution is -2.36. The Morgan fingerprint density at radius 2 is 2.08 bits per heavy atom. The highest BCUT2D eigenvalue weighted by molar-refractivity contribution is 14.1. The van der Waals surface area contributed by atoms with E-state index in [1.807, 2.05) is 35.6 Å². The van der Waals surface area contributed by atoms with Gasteiger partial charge in [0.15, 0.2) is 17.3 Å². The lowest BCUT2D eigenvalue weighted by atomic mass is 9.69. The van der Waals surface area contributed by atoms with Gasteiger partial charge in [-0.2, -0.15) is 5.26 Å². The van der Waals surface area contributed by atoms with Gasteiger partial charge in [0.05, 0.1) is 28.2 Å². The van der Waals surface area contributed by atoms with Gasteiger partial charge < -0.3 is 15.2 Å². The normalized spacial score (nSPS) is 21.8. The van der Waals surface area contributed by atoms with Crippen molar-refractivity contribution in [3.8, 4) is 17.6 Å². The number of Topliss-reactive ketones (excluding diaryl/α,β-unsaturated/α-hetero) is 1. The first-order chi connectivity index (χ1) is 12.2. The molecule has 2 N–H and O–H groups in total. The molecule has 0 saturated carbocycles. The Balaban J connectivity index is 2.24. The van der Waals surface area contributed by atoms with E-state index in [-0.39, 0.29) is 16.9 Å². The summed E-state index contributed by atoms with van der Waals surface area (Å²) in [6.07, 6.45) is 1.21. The van der Waals surface area contributed by atoms with E-state index in [1.54, 1.807) is 6.07 Å². The van der Waals surface area contributed by atoms with E-state index in [2.05, 4.69) is 25.2 Å². The summed E-state index contributed by atoms with van der Waals surface area (Å²) in [5, 5.41) is 23.2. The van der Waals surface area contributed by atoms with Crippen molar-refractivity contribution in [1.82, 2.24) is 5.32 Å². The maximum atomic E-state index is 13.0. The zero-order valence-corrected chi connectivity index (χ0v) is 17.4. The summed E-state index contributed by atoms with van der Waals surface area (Å²) in [4.78, 5) is 13.0. The van der Waals surface area contributed by atoms with Crippen LogP contribution in [0.2, 0.25) is 0 Å². The summed E-state index contributed by atoms with van der Waals surface area (Å²) in [6.45, 7) is 6.03. The van der Waals surface area contributed by atoms with Crippen LogP contribution in [-0.2, 0) is 4.79 Å². The number of benzene rings is 1. The maximum absolute atomic E-state index is 13.0. The first-order valence-electron chi connectivity index (χ1n) is 8.39. The third-order valence-corrected chi connectivity index (χ3v) is 5.79. The second kappa shape index (κ2) is 6.62. The molecule has 0 bridgehead atoms. The average Bonchev–Trinajstić information content (AvgIpc) is 2.54. The highest BCUT2D eigenvalue weighted by Gasteiger charge is 2.41. The second-order valence-corrected chi connectivity index (χ2v) is 8.76. The Kier molecular flexibility index (Phi) is 4.78. The van der Waals surface area contributed by atoms with Gasteiger partial charge in [0.2, 0.25) is 0 Å². The third kappa shape index (κ3) is 3.09. The molecule has 1 aromatic rings. The zero-order valence-electron chi connectivity index (χ0n) is 15.2. The fraction of sp³-hybridized carbons (Fsp3) is 0.400. The van der Waals surface area contributed by atoms with Crippen LogP contribution in [-0.4, -0.2) is 18.0 Å². The molecule has 6 heteroatoms. The van der Waals surface area contributed by atoms with Crippen LogP contribution in [0.25, 0.3) is 0 Å². The molecule has 26 heavy (non-hydrogen) atoms. The SMILES string of the molecule is COc1cc(C2C(C#N)=C(C)NC3=C2C(=O)CC(C)(C)C3)cc(I)c1O. The number of carbonyl (C=O) groups excluding carboxylic acids is 1. The molecule has 0 spiro atoms. The number of nitriles is 1. The van der Waals surface area contributed by atoms with E-state index in [4.69, 9.17) is 4.74 Å². The zero-order chi connectivity index (χ0) is 19.2. The van der Waals surface area contributed by atoms with Crippen molar-refractivity contribution in [1.29, 1.82) is 5.26 Å². The van der Waals surface area contributed by atoms with E-state index >= 15 is 0 Å². The summed E-state index contributed by atoms with van der Waals surface area (Å²) >= 11 is 2.03. The predicted octanol–water partition coefficient (Wildman–Crippen LogP) is 4.13. The van der Waals surface area contributed by atoms with Crippen molar-refractivity contribution in [2.24, 2.45) is 5.41 Å². The number of nitrogens with one attached hydrogen (secondary N) is 1. The lowest BCUT2D eigenvalue weighted by molar-refractivity contribution is -0.118. The number of nitrogens with zero attached hydrogens (tertiary/aromatic N) is 1. The van der Waals surface area contributed by atoms with Gasteiger partial charge >= 0.3 is 0 Å². The van der Waals surface area contributed by atoms with Gasteiger partial charge in [-0.25, -0.2) is 0 Å². The second-order valence-electron chi connectivity index (χ2n) is 7.60. The molecule has 0 saturated heterocycles. The number of aromatic hydroxyl groups is 1. The Hall–Kier alpha value is -2.01. The number of hydrogen-bond donors (Lipinski definition) is 2. The van der Waals surface area contributed by atoms with Crippen LogP contribution < -0.4 is 10.1 Å². The Morgan fingerprint density at radius 1 is 1.38 bits per heavy atom. The molecule has 2 aliphatic rings. The molecular formula is C20H21IN2O3. The van der Waals surface area contributed by atoms with Crippen LogP contribution in [0.3, 0.4) is 0 Å². The van der Waals surface area contributed by atoms with Gasteiger partial charge in [-0.15, -0.1) is 0 Å². The van der Waals surface area contributed by atoms with Gasteiger partial charge in [0.25, 0.3) is 0 Å². The Bertz CT molecular complexity index is 906. The molecule has 1 aliphatic carbocycles. The van der Waals surface area contributed by atoms with Gasteiger partial charge in [-0.1, -0.05) is 13.8 Å². The lowest BCUT2D eigenvalue weighted by Gasteiger charge is -2.38. The molecule has 1 unspecified atom stereocenters. The summed E-state index contributed by atoms with van der Waals surface area (Å²) in [7, 11) is 1.49. The number of halogens is 1. The molecule has 0 amide bonds. The highest BCUT2D eigenvalue weighted by Crippen LogP contribution is 2.47. The minimum absolute atomic E-state index is 0.0651.